The van der Waals surface area contributed by atoms with E-state index in [4.69, 9.17) is 11.0 Å². The van der Waals surface area contributed by atoms with Crippen LogP contribution in [0.5, 0.6) is 0 Å². The first-order valence-corrected chi connectivity index (χ1v) is 5.09. The highest BCUT2D eigenvalue weighted by Gasteiger charge is 2.37. The summed E-state index contributed by atoms with van der Waals surface area (Å²) in [5.74, 6) is 0. The van der Waals surface area contributed by atoms with Gasteiger partial charge < -0.3 is 10.8 Å². The Bertz CT molecular complexity index is 410. The second-order valence-electron chi connectivity index (χ2n) is 4.19. The number of hydrogen-bond acceptors (Lipinski definition) is 3. The summed E-state index contributed by atoms with van der Waals surface area (Å²) in [6.07, 6.45) is 1.36. The van der Waals surface area contributed by atoms with Crippen LogP contribution in [0.25, 0.3) is 0 Å². The van der Waals surface area contributed by atoms with Gasteiger partial charge in [-0.3, -0.25) is 0 Å². The summed E-state index contributed by atoms with van der Waals surface area (Å²) < 4.78 is 0. The topological polar surface area (TPSA) is 70.0 Å². The van der Waals surface area contributed by atoms with Crippen molar-refractivity contribution < 1.29 is 5.11 Å². The molecule has 0 radical (unpaired) electrons. The number of nitriles is 1. The van der Waals surface area contributed by atoms with Crippen molar-refractivity contribution in [2.24, 2.45) is 5.73 Å². The van der Waals surface area contributed by atoms with E-state index >= 15 is 0 Å². The second kappa shape index (κ2) is 3.65. The normalized spacial score (nSPS) is 29.3. The number of nitrogens with zero attached hydrogens (tertiary/aromatic N) is 1. The molecule has 3 N–H and O–H groups in total. The van der Waals surface area contributed by atoms with Crippen molar-refractivity contribution in [3.8, 4) is 6.07 Å². The summed E-state index contributed by atoms with van der Waals surface area (Å²) in [7, 11) is 0. The van der Waals surface area contributed by atoms with Gasteiger partial charge in [0.05, 0.1) is 12.5 Å². The van der Waals surface area contributed by atoms with Crippen molar-refractivity contribution in [2.75, 3.05) is 0 Å². The molecule has 0 bridgehead atoms. The van der Waals surface area contributed by atoms with E-state index < -0.39 is 5.60 Å². The van der Waals surface area contributed by atoms with Crippen LogP contribution in [0.2, 0.25) is 0 Å². The van der Waals surface area contributed by atoms with Crippen LogP contribution in [0.15, 0.2) is 24.3 Å². The predicted octanol–water partition coefficient (Wildman–Crippen LogP) is 1.06. The highest BCUT2D eigenvalue weighted by Crippen LogP contribution is 2.36. The van der Waals surface area contributed by atoms with Crippen molar-refractivity contribution in [3.05, 3.63) is 35.4 Å². The molecule has 0 aromatic heterocycles. The van der Waals surface area contributed by atoms with E-state index in [0.717, 1.165) is 17.5 Å². The fraction of sp³-hybridized carbons (Fsp3) is 0.417. The zero-order chi connectivity index (χ0) is 10.9. The number of aliphatic hydroxyl groups is 1. The Hall–Kier alpha value is -1.37. The third-order valence-corrected chi connectivity index (χ3v) is 2.97. The minimum atomic E-state index is -1.05. The van der Waals surface area contributed by atoms with E-state index in [1.165, 1.54) is 0 Å². The lowest BCUT2D eigenvalue weighted by Gasteiger charge is -2.35. The maximum atomic E-state index is 10.4. The Labute approximate surface area is 89.1 Å². The van der Waals surface area contributed by atoms with Crippen molar-refractivity contribution in [2.45, 2.75) is 30.9 Å². The molecule has 0 saturated heterocycles. The van der Waals surface area contributed by atoms with Gasteiger partial charge in [-0.2, -0.15) is 5.26 Å². The monoisotopic (exact) mass is 202 g/mol. The van der Waals surface area contributed by atoms with Crippen LogP contribution in [0.1, 0.15) is 24.0 Å². The van der Waals surface area contributed by atoms with Crippen molar-refractivity contribution in [1.29, 1.82) is 5.26 Å². The quantitative estimate of drug-likeness (QED) is 0.715. The van der Waals surface area contributed by atoms with Gasteiger partial charge in [0.2, 0.25) is 0 Å². The molecule has 0 saturated carbocycles. The Morgan fingerprint density at radius 3 is 3.00 bits per heavy atom. The van der Waals surface area contributed by atoms with Crippen LogP contribution in [0.4, 0.5) is 0 Å². The van der Waals surface area contributed by atoms with Gasteiger partial charge in [-0.15, -0.1) is 0 Å². The van der Waals surface area contributed by atoms with Crippen LogP contribution in [-0.2, 0) is 12.0 Å². The number of rotatable bonds is 1. The summed E-state index contributed by atoms with van der Waals surface area (Å²) in [6.45, 7) is 0. The molecule has 78 valence electrons. The second-order valence-corrected chi connectivity index (χ2v) is 4.19. The smallest absolute Gasteiger partial charge is 0.104 e. The zero-order valence-corrected chi connectivity index (χ0v) is 8.48. The molecule has 3 heteroatoms. The molecule has 2 rings (SSSR count). The van der Waals surface area contributed by atoms with Crippen molar-refractivity contribution >= 4 is 0 Å². The van der Waals surface area contributed by atoms with Crippen LogP contribution in [-0.4, -0.2) is 11.1 Å². The summed E-state index contributed by atoms with van der Waals surface area (Å²) in [5, 5.41) is 19.1. The van der Waals surface area contributed by atoms with Gasteiger partial charge in [0.1, 0.15) is 5.60 Å². The van der Waals surface area contributed by atoms with Crippen LogP contribution in [0, 0.1) is 11.3 Å². The molecule has 0 fully saturated rings. The Kier molecular flexibility index (Phi) is 2.47. The molecule has 0 amide bonds. The van der Waals surface area contributed by atoms with Gasteiger partial charge in [0, 0.05) is 6.04 Å². The number of nitrogens with two attached hydrogens (primary N) is 1. The minimum Gasteiger partial charge on any atom is -0.384 e. The van der Waals surface area contributed by atoms with Gasteiger partial charge in [-0.1, -0.05) is 24.3 Å². The van der Waals surface area contributed by atoms with Gasteiger partial charge >= 0.3 is 0 Å². The number of hydrogen-bond donors (Lipinski definition) is 2. The average Bonchev–Trinajstić information content (AvgIpc) is 2.17. The zero-order valence-electron chi connectivity index (χ0n) is 8.48. The van der Waals surface area contributed by atoms with E-state index in [2.05, 4.69) is 0 Å². The van der Waals surface area contributed by atoms with E-state index in [1.807, 2.05) is 30.3 Å². The molecule has 1 aliphatic rings. The molecular weight excluding hydrogens is 188 g/mol. The lowest BCUT2D eigenvalue weighted by atomic mass is 9.75. The van der Waals surface area contributed by atoms with Gasteiger partial charge in [-0.05, 0) is 24.0 Å². The Morgan fingerprint density at radius 1 is 1.53 bits per heavy atom. The fourth-order valence-corrected chi connectivity index (χ4v) is 2.35. The summed E-state index contributed by atoms with van der Waals surface area (Å²) in [5.41, 5.74) is 6.77. The van der Waals surface area contributed by atoms with Gasteiger partial charge in [0.15, 0.2) is 0 Å². The molecule has 2 atom stereocenters. The molecule has 1 aromatic carbocycles. The van der Waals surface area contributed by atoms with E-state index in [0.29, 0.717) is 6.42 Å². The first-order valence-electron chi connectivity index (χ1n) is 5.09. The van der Waals surface area contributed by atoms with Crippen LogP contribution < -0.4 is 5.73 Å². The molecule has 0 aliphatic heterocycles. The molecule has 15 heavy (non-hydrogen) atoms. The average molecular weight is 202 g/mol. The van der Waals surface area contributed by atoms with E-state index in [-0.39, 0.29) is 12.5 Å². The lowest BCUT2D eigenvalue weighted by Crippen LogP contribution is -2.41. The first kappa shape index (κ1) is 10.2. The molecule has 0 unspecified atom stereocenters. The number of fused-ring (bicyclic) bond motifs is 1. The molecule has 0 spiro atoms. The molecule has 1 aromatic rings. The molecule has 1 aliphatic carbocycles. The predicted molar refractivity (Wildman–Crippen MR) is 56.9 cm³/mol. The van der Waals surface area contributed by atoms with E-state index in [9.17, 15) is 5.11 Å². The first-order chi connectivity index (χ1) is 7.15. The molecule has 3 nitrogen and oxygen atoms in total. The maximum Gasteiger partial charge on any atom is 0.104 e. The third-order valence-electron chi connectivity index (χ3n) is 2.97. The Balaban J connectivity index is 2.47. The van der Waals surface area contributed by atoms with Crippen LogP contribution >= 0.6 is 0 Å². The summed E-state index contributed by atoms with van der Waals surface area (Å²) in [4.78, 5) is 0. The number of benzene rings is 1. The lowest BCUT2D eigenvalue weighted by molar-refractivity contribution is 0.0179. The van der Waals surface area contributed by atoms with Crippen LogP contribution in [0.3, 0.4) is 0 Å². The fourth-order valence-electron chi connectivity index (χ4n) is 2.35. The summed E-state index contributed by atoms with van der Waals surface area (Å²) in [6, 6.07) is 9.65. The SMILES string of the molecule is N#CC[C@@]1(O)C[C@@H](N)Cc2ccccc21. The highest BCUT2D eigenvalue weighted by molar-refractivity contribution is 5.36. The van der Waals surface area contributed by atoms with Gasteiger partial charge in [0.25, 0.3) is 0 Å². The van der Waals surface area contributed by atoms with Crippen molar-refractivity contribution in [1.82, 2.24) is 0 Å². The largest absolute Gasteiger partial charge is 0.384 e. The standard InChI is InChI=1S/C12H14N2O/c13-6-5-12(15)8-10(14)7-9-3-1-2-4-11(9)12/h1-4,10,15H,5,7-8,14H2/t10-,12+/m0/s1. The minimum absolute atomic E-state index is 0.0572. The highest BCUT2D eigenvalue weighted by atomic mass is 16.3. The van der Waals surface area contributed by atoms with Gasteiger partial charge in [-0.25, -0.2) is 0 Å². The molecule has 0 heterocycles. The van der Waals surface area contributed by atoms with Crippen molar-refractivity contribution in [3.63, 3.8) is 0 Å². The van der Waals surface area contributed by atoms with E-state index in [1.54, 1.807) is 0 Å². The summed E-state index contributed by atoms with van der Waals surface area (Å²) >= 11 is 0. The Morgan fingerprint density at radius 2 is 2.27 bits per heavy atom. The third kappa shape index (κ3) is 1.74. The maximum absolute atomic E-state index is 10.4. The molecular formula is C12H14N2O.